The van der Waals surface area contributed by atoms with Crippen molar-refractivity contribution in [2.45, 2.75) is 111 Å². The first-order chi connectivity index (χ1) is 13.7. The molecule has 0 aromatic heterocycles. The van der Waals surface area contributed by atoms with Crippen LogP contribution in [0.1, 0.15) is 98.3 Å². The highest BCUT2D eigenvalue weighted by molar-refractivity contribution is 5.78. The summed E-state index contributed by atoms with van der Waals surface area (Å²) in [6.45, 7) is 9.39. The summed E-state index contributed by atoms with van der Waals surface area (Å²) in [7, 11) is 0. The van der Waals surface area contributed by atoms with Gasteiger partial charge in [-0.15, -0.1) is 0 Å². The normalized spacial score (nSPS) is 50.3. The smallest absolute Gasteiger partial charge is 0.133 e. The second kappa shape index (κ2) is 7.93. The van der Waals surface area contributed by atoms with Gasteiger partial charge in [-0.1, -0.05) is 27.7 Å². The highest BCUT2D eigenvalue weighted by atomic mass is 16.3. The third-order valence-corrected chi connectivity index (χ3v) is 10.5. The van der Waals surface area contributed by atoms with E-state index in [2.05, 4.69) is 27.7 Å². The van der Waals surface area contributed by atoms with Crippen molar-refractivity contribution < 1.29 is 15.0 Å². The molecule has 4 rings (SSSR count). The molecule has 4 saturated carbocycles. The lowest BCUT2D eigenvalue weighted by molar-refractivity contribution is -0.172. The quantitative estimate of drug-likeness (QED) is 0.647. The maximum atomic E-state index is 12.3. The van der Waals surface area contributed by atoms with Crippen LogP contribution in [0.2, 0.25) is 0 Å². The molecule has 29 heavy (non-hydrogen) atoms. The fourth-order valence-electron chi connectivity index (χ4n) is 9.14. The topological polar surface area (TPSA) is 57.5 Å². The first kappa shape index (κ1) is 21.8. The van der Waals surface area contributed by atoms with Crippen LogP contribution in [0.4, 0.5) is 0 Å². The molecule has 0 heterocycles. The van der Waals surface area contributed by atoms with Crippen molar-refractivity contribution in [2.75, 3.05) is 0 Å². The molecule has 3 heteroatoms. The third kappa shape index (κ3) is 3.53. The van der Waals surface area contributed by atoms with Crippen LogP contribution < -0.4 is 0 Å². The van der Waals surface area contributed by atoms with Gasteiger partial charge in [-0.2, -0.15) is 0 Å². The molecule has 0 radical (unpaired) electrons. The van der Waals surface area contributed by atoms with E-state index in [1.807, 2.05) is 0 Å². The summed E-state index contributed by atoms with van der Waals surface area (Å²) >= 11 is 0. The molecule has 4 aliphatic rings. The number of ketones is 1. The van der Waals surface area contributed by atoms with Gasteiger partial charge in [0.25, 0.3) is 0 Å². The van der Waals surface area contributed by atoms with Crippen LogP contribution in [-0.2, 0) is 4.79 Å². The standard InChI is InChI=1S/C26H44O3/c1-5-6-17(27)13-16(2)20-7-8-21-19-15-24(29)23-14-18(28)9-11-26(23,4)22(19)10-12-25(20,21)3/h16,18-24,28-29H,5-15H2,1-4H3/t16-,18-,19?,20?,21?,22?,23?,24+,25-,26-/m1/s1. The molecule has 0 bridgehead atoms. The van der Waals surface area contributed by atoms with Crippen LogP contribution in [0, 0.1) is 46.3 Å². The summed E-state index contributed by atoms with van der Waals surface area (Å²) in [5.41, 5.74) is 0.536. The molecule has 0 aromatic carbocycles. The molecular weight excluding hydrogens is 360 g/mol. The molecule has 2 N–H and O–H groups in total. The Kier molecular flexibility index (Phi) is 5.97. The fraction of sp³-hybridized carbons (Fsp3) is 0.962. The Morgan fingerprint density at radius 3 is 2.38 bits per heavy atom. The van der Waals surface area contributed by atoms with E-state index in [9.17, 15) is 15.0 Å². The van der Waals surface area contributed by atoms with Gasteiger partial charge in [0.15, 0.2) is 0 Å². The summed E-state index contributed by atoms with van der Waals surface area (Å²) in [6, 6.07) is 0. The van der Waals surface area contributed by atoms with Gasteiger partial charge in [-0.25, -0.2) is 0 Å². The van der Waals surface area contributed by atoms with Crippen molar-refractivity contribution in [1.82, 2.24) is 0 Å². The van der Waals surface area contributed by atoms with Gasteiger partial charge in [0.05, 0.1) is 12.2 Å². The maximum Gasteiger partial charge on any atom is 0.133 e. The van der Waals surface area contributed by atoms with E-state index < -0.39 is 0 Å². The highest BCUT2D eigenvalue weighted by Crippen LogP contribution is 2.68. The number of aliphatic hydroxyl groups is 2. The van der Waals surface area contributed by atoms with E-state index in [0.29, 0.717) is 40.8 Å². The van der Waals surface area contributed by atoms with E-state index in [-0.39, 0.29) is 23.5 Å². The highest BCUT2D eigenvalue weighted by Gasteiger charge is 2.62. The number of aliphatic hydroxyl groups excluding tert-OH is 2. The number of fused-ring (bicyclic) bond motifs is 5. The van der Waals surface area contributed by atoms with Crippen LogP contribution in [-0.4, -0.2) is 28.2 Å². The zero-order valence-electron chi connectivity index (χ0n) is 19.2. The van der Waals surface area contributed by atoms with Crippen molar-refractivity contribution in [3.8, 4) is 0 Å². The first-order valence-electron chi connectivity index (χ1n) is 12.6. The number of Topliss-reactive ketones (excluding diaryl/α,β-unsaturated/α-hetero) is 1. The van der Waals surface area contributed by atoms with Crippen LogP contribution in [0.5, 0.6) is 0 Å². The van der Waals surface area contributed by atoms with Gasteiger partial charge in [0.1, 0.15) is 5.78 Å². The fourth-order valence-corrected chi connectivity index (χ4v) is 9.14. The zero-order chi connectivity index (χ0) is 21.0. The summed E-state index contributed by atoms with van der Waals surface area (Å²) in [4.78, 5) is 12.3. The SMILES string of the molecule is CCCC(=O)C[C@@H](C)C1CCC2C3C[C@H](O)C4C[C@H](O)CC[C@]4(C)C3CC[C@@]21C. The minimum Gasteiger partial charge on any atom is -0.393 e. The minimum absolute atomic E-state index is 0.198. The molecular formula is C26H44O3. The molecule has 4 fully saturated rings. The lowest BCUT2D eigenvalue weighted by Gasteiger charge is -2.62. The van der Waals surface area contributed by atoms with Crippen LogP contribution in [0.3, 0.4) is 0 Å². The molecule has 0 saturated heterocycles. The molecule has 0 amide bonds. The van der Waals surface area contributed by atoms with Crippen molar-refractivity contribution in [3.05, 3.63) is 0 Å². The Hall–Kier alpha value is -0.410. The number of carbonyl (C=O) groups is 1. The van der Waals surface area contributed by atoms with Crippen molar-refractivity contribution in [2.24, 2.45) is 46.3 Å². The molecule has 0 spiro atoms. The van der Waals surface area contributed by atoms with Crippen LogP contribution >= 0.6 is 0 Å². The molecule has 0 aliphatic heterocycles. The average molecular weight is 405 g/mol. The predicted octanol–water partition coefficient (Wildman–Crippen LogP) is 5.37. The lowest BCUT2D eigenvalue weighted by atomic mass is 9.44. The monoisotopic (exact) mass is 404 g/mol. The van der Waals surface area contributed by atoms with E-state index in [0.717, 1.165) is 44.9 Å². The first-order valence-corrected chi connectivity index (χ1v) is 12.6. The molecule has 5 unspecified atom stereocenters. The molecule has 0 aromatic rings. The Balaban J connectivity index is 1.53. The summed E-state index contributed by atoms with van der Waals surface area (Å²) in [6.07, 6.45) is 10.8. The number of carbonyl (C=O) groups excluding carboxylic acids is 1. The van der Waals surface area contributed by atoms with Crippen molar-refractivity contribution in [3.63, 3.8) is 0 Å². The molecule has 166 valence electrons. The molecule has 3 nitrogen and oxygen atoms in total. The van der Waals surface area contributed by atoms with Gasteiger partial charge in [-0.3, -0.25) is 4.79 Å². The molecule has 4 aliphatic carbocycles. The van der Waals surface area contributed by atoms with Gasteiger partial charge in [0, 0.05) is 12.8 Å². The number of rotatable bonds is 5. The Bertz CT molecular complexity index is 617. The van der Waals surface area contributed by atoms with E-state index in [1.54, 1.807) is 0 Å². The Morgan fingerprint density at radius 2 is 1.66 bits per heavy atom. The third-order valence-electron chi connectivity index (χ3n) is 10.5. The van der Waals surface area contributed by atoms with Crippen molar-refractivity contribution >= 4 is 5.78 Å². The van der Waals surface area contributed by atoms with E-state index in [1.165, 1.54) is 25.7 Å². The van der Waals surface area contributed by atoms with Crippen molar-refractivity contribution in [1.29, 1.82) is 0 Å². The zero-order valence-corrected chi connectivity index (χ0v) is 19.2. The summed E-state index contributed by atoms with van der Waals surface area (Å²) < 4.78 is 0. The molecule has 10 atom stereocenters. The number of hydrogen-bond acceptors (Lipinski definition) is 3. The largest absolute Gasteiger partial charge is 0.393 e. The van der Waals surface area contributed by atoms with E-state index >= 15 is 0 Å². The van der Waals surface area contributed by atoms with Crippen LogP contribution in [0.25, 0.3) is 0 Å². The Labute approximate surface area is 178 Å². The Morgan fingerprint density at radius 1 is 0.966 bits per heavy atom. The summed E-state index contributed by atoms with van der Waals surface area (Å²) in [5, 5.41) is 21.4. The lowest BCUT2D eigenvalue weighted by Crippen LogP contribution is -2.58. The maximum absolute atomic E-state index is 12.3. The average Bonchev–Trinajstić information content (AvgIpc) is 3.01. The summed E-state index contributed by atoms with van der Waals surface area (Å²) in [5.74, 6) is 3.91. The van der Waals surface area contributed by atoms with E-state index in [4.69, 9.17) is 0 Å². The second-order valence-electron chi connectivity index (χ2n) is 11.9. The van der Waals surface area contributed by atoms with Gasteiger partial charge >= 0.3 is 0 Å². The second-order valence-corrected chi connectivity index (χ2v) is 11.9. The predicted molar refractivity (Wildman–Crippen MR) is 116 cm³/mol. The van der Waals surface area contributed by atoms with Gasteiger partial charge in [0.2, 0.25) is 0 Å². The van der Waals surface area contributed by atoms with Gasteiger partial charge < -0.3 is 10.2 Å². The van der Waals surface area contributed by atoms with Gasteiger partial charge in [-0.05, 0) is 104 Å². The number of hydrogen-bond donors (Lipinski definition) is 2. The minimum atomic E-state index is -0.249. The van der Waals surface area contributed by atoms with Crippen LogP contribution in [0.15, 0.2) is 0 Å².